The van der Waals surface area contributed by atoms with E-state index in [1.165, 1.54) is 12.1 Å². The molecule has 2 aromatic carbocycles. The first-order valence-corrected chi connectivity index (χ1v) is 6.89. The van der Waals surface area contributed by atoms with Crippen LogP contribution >= 0.6 is 0 Å². The summed E-state index contributed by atoms with van der Waals surface area (Å²) in [6.45, 7) is 4.11. The summed E-state index contributed by atoms with van der Waals surface area (Å²) >= 11 is 0. The van der Waals surface area contributed by atoms with Gasteiger partial charge in [0.2, 0.25) is 0 Å². The van der Waals surface area contributed by atoms with E-state index in [2.05, 4.69) is 6.58 Å². The maximum absolute atomic E-state index is 13.5. The average Bonchev–Trinajstić information content (AvgIpc) is 2.56. The lowest BCUT2D eigenvalue weighted by Crippen LogP contribution is -2.08. The Balaban J connectivity index is 2.02. The molecule has 0 radical (unpaired) electrons. The Morgan fingerprint density at radius 3 is 2.52 bits per heavy atom. The van der Waals surface area contributed by atoms with Crippen molar-refractivity contribution in [1.82, 2.24) is 0 Å². The zero-order chi connectivity index (χ0) is 16.7. The van der Waals surface area contributed by atoms with Gasteiger partial charge in [-0.25, -0.2) is 9.18 Å². The Morgan fingerprint density at radius 2 is 1.91 bits per heavy atom. The molecule has 2 rings (SSSR count). The number of nitriles is 1. The Kier molecular flexibility index (Phi) is 5.48. The topological polar surface area (TPSA) is 59.3 Å². The quantitative estimate of drug-likeness (QED) is 0.352. The monoisotopic (exact) mass is 311 g/mol. The van der Waals surface area contributed by atoms with Gasteiger partial charge in [0.15, 0.2) is 0 Å². The first-order valence-electron chi connectivity index (χ1n) is 6.89. The molecule has 0 aromatic heterocycles. The molecule has 0 aliphatic rings. The van der Waals surface area contributed by atoms with E-state index >= 15 is 0 Å². The molecule has 2 aromatic rings. The molecule has 0 saturated heterocycles. The first-order chi connectivity index (χ1) is 11.1. The van der Waals surface area contributed by atoms with E-state index in [1.807, 2.05) is 0 Å². The van der Waals surface area contributed by atoms with Crippen LogP contribution in [0.5, 0.6) is 11.5 Å². The molecule has 0 fully saturated rings. The number of carbonyl (C=O) groups is 1. The summed E-state index contributed by atoms with van der Waals surface area (Å²) < 4.78 is 24.0. The van der Waals surface area contributed by atoms with E-state index in [0.29, 0.717) is 17.9 Å². The minimum Gasteiger partial charge on any atom is -0.493 e. The molecule has 0 atom stereocenters. The van der Waals surface area contributed by atoms with Crippen LogP contribution in [0.2, 0.25) is 0 Å². The lowest BCUT2D eigenvalue weighted by atomic mass is 10.2. The average molecular weight is 311 g/mol. The molecule has 0 N–H and O–H groups in total. The predicted molar refractivity (Wildman–Crippen MR) is 82.8 cm³/mol. The third-order valence-electron chi connectivity index (χ3n) is 2.95. The molecule has 116 valence electrons. The highest BCUT2D eigenvalue weighted by Gasteiger charge is 2.11. The number of ether oxygens (including phenoxy) is 2. The third kappa shape index (κ3) is 4.42. The summed E-state index contributed by atoms with van der Waals surface area (Å²) in [5, 5.41) is 8.66. The van der Waals surface area contributed by atoms with Crippen LogP contribution in [0.15, 0.2) is 55.1 Å². The minimum absolute atomic E-state index is 0.0396. The van der Waals surface area contributed by atoms with Crippen molar-refractivity contribution in [2.75, 3.05) is 6.61 Å². The molecule has 0 unspecified atom stereocenters. The second-order valence-electron chi connectivity index (χ2n) is 4.59. The van der Waals surface area contributed by atoms with Crippen molar-refractivity contribution >= 4 is 5.97 Å². The number of esters is 1. The number of hydrogen-bond acceptors (Lipinski definition) is 4. The van der Waals surface area contributed by atoms with Crippen molar-refractivity contribution in [1.29, 1.82) is 5.26 Å². The van der Waals surface area contributed by atoms with E-state index in [9.17, 15) is 9.18 Å². The zero-order valence-corrected chi connectivity index (χ0v) is 12.3. The predicted octanol–water partition coefficient (Wildman–Crippen LogP) is 3.87. The van der Waals surface area contributed by atoms with Crippen LogP contribution in [-0.2, 0) is 0 Å². The molecule has 0 amide bonds. The van der Waals surface area contributed by atoms with Gasteiger partial charge in [0.1, 0.15) is 23.4 Å². The number of rotatable bonds is 6. The number of nitrogens with zero attached hydrogens (tertiary/aromatic N) is 1. The van der Waals surface area contributed by atoms with Crippen molar-refractivity contribution in [2.24, 2.45) is 0 Å². The van der Waals surface area contributed by atoms with Crippen molar-refractivity contribution in [2.45, 2.75) is 6.42 Å². The molecule has 0 aliphatic heterocycles. The van der Waals surface area contributed by atoms with Crippen molar-refractivity contribution in [3.63, 3.8) is 0 Å². The van der Waals surface area contributed by atoms with Crippen molar-refractivity contribution < 1.29 is 18.7 Å². The SMILES string of the molecule is C=CCCOc1ccc(C(=O)Oc2ccc(C#N)c(F)c2)cc1. The van der Waals surface area contributed by atoms with E-state index < -0.39 is 11.8 Å². The van der Waals surface area contributed by atoms with Gasteiger partial charge in [-0.05, 0) is 42.8 Å². The van der Waals surface area contributed by atoms with Crippen molar-refractivity contribution in [3.8, 4) is 17.6 Å². The van der Waals surface area contributed by atoms with Gasteiger partial charge in [-0.3, -0.25) is 0 Å². The fraction of sp³-hybridized carbons (Fsp3) is 0.111. The second kappa shape index (κ2) is 7.76. The summed E-state index contributed by atoms with van der Waals surface area (Å²) in [5.74, 6) is -0.679. The third-order valence-corrected chi connectivity index (χ3v) is 2.95. The molecule has 4 nitrogen and oxygen atoms in total. The van der Waals surface area contributed by atoms with Crippen LogP contribution in [0.3, 0.4) is 0 Å². The van der Waals surface area contributed by atoms with Crippen LogP contribution in [0.1, 0.15) is 22.3 Å². The molecule has 5 heteroatoms. The highest BCUT2D eigenvalue weighted by molar-refractivity contribution is 5.91. The second-order valence-corrected chi connectivity index (χ2v) is 4.59. The largest absolute Gasteiger partial charge is 0.493 e. The van der Waals surface area contributed by atoms with Crippen LogP contribution in [0.4, 0.5) is 4.39 Å². The maximum Gasteiger partial charge on any atom is 0.343 e. The smallest absolute Gasteiger partial charge is 0.343 e. The molecule has 0 saturated carbocycles. The molecular weight excluding hydrogens is 297 g/mol. The van der Waals surface area contributed by atoms with Crippen LogP contribution in [0, 0.1) is 17.1 Å². The summed E-state index contributed by atoms with van der Waals surface area (Å²) in [6.07, 6.45) is 2.48. The van der Waals surface area contributed by atoms with Gasteiger partial charge >= 0.3 is 5.97 Å². The van der Waals surface area contributed by atoms with E-state index in [4.69, 9.17) is 14.7 Å². The fourth-order valence-electron chi connectivity index (χ4n) is 1.76. The summed E-state index contributed by atoms with van der Waals surface area (Å²) in [7, 11) is 0. The van der Waals surface area contributed by atoms with Crippen LogP contribution in [-0.4, -0.2) is 12.6 Å². The van der Waals surface area contributed by atoms with Gasteiger partial charge in [-0.15, -0.1) is 6.58 Å². The molecule has 0 spiro atoms. The normalized spacial score (nSPS) is 9.74. The molecule has 0 bridgehead atoms. The number of hydrogen-bond donors (Lipinski definition) is 0. The number of halogens is 1. The summed E-state index contributed by atoms with van der Waals surface area (Å²) in [6, 6.07) is 11.8. The van der Waals surface area contributed by atoms with Crippen molar-refractivity contribution in [3.05, 3.63) is 72.1 Å². The fourth-order valence-corrected chi connectivity index (χ4v) is 1.76. The number of carbonyl (C=O) groups excluding carboxylic acids is 1. The Labute approximate surface area is 133 Å². The Hall–Kier alpha value is -3.13. The summed E-state index contributed by atoms with van der Waals surface area (Å²) in [4.78, 5) is 12.0. The van der Waals surface area contributed by atoms with Gasteiger partial charge in [0.25, 0.3) is 0 Å². The zero-order valence-electron chi connectivity index (χ0n) is 12.3. The lowest BCUT2D eigenvalue weighted by Gasteiger charge is -2.07. The minimum atomic E-state index is -0.733. The maximum atomic E-state index is 13.5. The van der Waals surface area contributed by atoms with E-state index in [1.54, 1.807) is 36.4 Å². The van der Waals surface area contributed by atoms with Crippen LogP contribution in [0.25, 0.3) is 0 Å². The summed E-state index contributed by atoms with van der Waals surface area (Å²) in [5.41, 5.74) is 0.205. The van der Waals surface area contributed by atoms with Crippen LogP contribution < -0.4 is 9.47 Å². The molecule has 0 heterocycles. The van der Waals surface area contributed by atoms with Gasteiger partial charge in [-0.1, -0.05) is 6.08 Å². The Morgan fingerprint density at radius 1 is 1.22 bits per heavy atom. The molecular formula is C18H14FNO3. The highest BCUT2D eigenvalue weighted by Crippen LogP contribution is 2.18. The van der Waals surface area contributed by atoms with Gasteiger partial charge in [0, 0.05) is 6.07 Å². The number of benzene rings is 2. The molecule has 0 aliphatic carbocycles. The Bertz CT molecular complexity index is 748. The highest BCUT2D eigenvalue weighted by atomic mass is 19.1. The standard InChI is InChI=1S/C18H14FNO3/c1-2-3-10-22-15-7-4-13(5-8-15)18(21)23-16-9-6-14(12-20)17(19)11-16/h2,4-9,11H,1,3,10H2. The molecule has 23 heavy (non-hydrogen) atoms. The first kappa shape index (κ1) is 16.2. The van der Waals surface area contributed by atoms with E-state index in [-0.39, 0.29) is 11.3 Å². The van der Waals surface area contributed by atoms with Gasteiger partial charge < -0.3 is 9.47 Å². The van der Waals surface area contributed by atoms with E-state index in [0.717, 1.165) is 12.5 Å². The van der Waals surface area contributed by atoms with Gasteiger partial charge in [0.05, 0.1) is 17.7 Å². The van der Waals surface area contributed by atoms with Gasteiger partial charge in [-0.2, -0.15) is 5.26 Å². The lowest BCUT2D eigenvalue weighted by molar-refractivity contribution is 0.0734.